The molecule has 0 aliphatic carbocycles. The minimum absolute atomic E-state index is 0.108. The molecule has 1 aliphatic rings. The van der Waals surface area contributed by atoms with Gasteiger partial charge in [0.1, 0.15) is 5.75 Å². The predicted molar refractivity (Wildman–Crippen MR) is 114 cm³/mol. The molecule has 1 heterocycles. The third-order valence-corrected chi connectivity index (χ3v) is 5.32. The number of carbonyl (C=O) groups is 2. The van der Waals surface area contributed by atoms with Gasteiger partial charge in [0.05, 0.1) is 19.6 Å². The van der Waals surface area contributed by atoms with Crippen LogP contribution in [-0.2, 0) is 4.79 Å². The van der Waals surface area contributed by atoms with E-state index in [2.05, 4.69) is 18.7 Å². The van der Waals surface area contributed by atoms with Crippen LogP contribution < -0.4 is 4.74 Å². The predicted octanol–water partition coefficient (Wildman–Crippen LogP) is 3.61. The number of ether oxygens (including phenoxy) is 1. The minimum atomic E-state index is 0.108. The number of hydrogen-bond acceptors (Lipinski definition) is 4. The van der Waals surface area contributed by atoms with Crippen molar-refractivity contribution in [1.29, 1.82) is 0 Å². The zero-order chi connectivity index (χ0) is 20.6. The van der Waals surface area contributed by atoms with Crippen molar-refractivity contribution in [2.24, 2.45) is 0 Å². The number of Topliss-reactive ketones (excluding diaryl/α,β-unsaturated/α-hetero) is 1. The molecule has 2 aromatic rings. The van der Waals surface area contributed by atoms with Crippen LogP contribution in [-0.4, -0.2) is 60.8 Å². The van der Waals surface area contributed by atoms with Crippen molar-refractivity contribution in [1.82, 2.24) is 9.80 Å². The number of ketones is 1. The Morgan fingerprint density at radius 1 is 0.931 bits per heavy atom. The Kier molecular flexibility index (Phi) is 7.42. The van der Waals surface area contributed by atoms with Crippen molar-refractivity contribution in [3.8, 4) is 5.75 Å². The summed E-state index contributed by atoms with van der Waals surface area (Å²) >= 11 is 0. The van der Waals surface area contributed by atoms with Crippen LogP contribution in [0.3, 0.4) is 0 Å². The lowest BCUT2D eigenvalue weighted by atomic mass is 10.0. The molecule has 29 heavy (non-hydrogen) atoms. The molecule has 0 saturated carbocycles. The van der Waals surface area contributed by atoms with Gasteiger partial charge in [0.25, 0.3) is 0 Å². The monoisotopic (exact) mass is 394 g/mol. The van der Waals surface area contributed by atoms with Crippen molar-refractivity contribution < 1.29 is 14.3 Å². The van der Waals surface area contributed by atoms with E-state index in [9.17, 15) is 9.59 Å². The fraction of sp³-hybridized carbons (Fsp3) is 0.417. The molecule has 0 bridgehead atoms. The summed E-state index contributed by atoms with van der Waals surface area (Å²) in [5.41, 5.74) is 2.00. The lowest BCUT2D eigenvalue weighted by molar-refractivity contribution is -0.133. The number of para-hydroxylation sites is 1. The van der Waals surface area contributed by atoms with Crippen molar-refractivity contribution in [2.45, 2.75) is 26.2 Å². The van der Waals surface area contributed by atoms with Crippen LogP contribution in [0, 0.1) is 0 Å². The molecule has 154 valence electrons. The van der Waals surface area contributed by atoms with Crippen LogP contribution in [0.2, 0.25) is 0 Å². The summed E-state index contributed by atoms with van der Waals surface area (Å²) in [7, 11) is 0. The SMILES string of the molecule is CC(C)c1ccc(C(=O)CN2CCN(C(=O)CCOc3ccccc3)CC2)cc1. The Hall–Kier alpha value is -2.66. The number of benzene rings is 2. The first-order valence-corrected chi connectivity index (χ1v) is 10.3. The molecule has 5 nitrogen and oxygen atoms in total. The van der Waals surface area contributed by atoms with Crippen molar-refractivity contribution in [3.63, 3.8) is 0 Å². The largest absolute Gasteiger partial charge is 0.493 e. The summed E-state index contributed by atoms with van der Waals surface area (Å²) in [5.74, 6) is 1.49. The van der Waals surface area contributed by atoms with Gasteiger partial charge in [-0.1, -0.05) is 56.3 Å². The number of nitrogens with zero attached hydrogens (tertiary/aromatic N) is 2. The zero-order valence-corrected chi connectivity index (χ0v) is 17.3. The van der Waals surface area contributed by atoms with Crippen LogP contribution in [0.1, 0.15) is 42.1 Å². The maximum Gasteiger partial charge on any atom is 0.226 e. The molecule has 2 aromatic carbocycles. The van der Waals surface area contributed by atoms with Crippen molar-refractivity contribution in [3.05, 3.63) is 65.7 Å². The fourth-order valence-electron chi connectivity index (χ4n) is 3.43. The van der Waals surface area contributed by atoms with Crippen molar-refractivity contribution in [2.75, 3.05) is 39.3 Å². The van der Waals surface area contributed by atoms with E-state index in [1.54, 1.807) is 0 Å². The average molecular weight is 395 g/mol. The molecule has 0 atom stereocenters. The van der Waals surface area contributed by atoms with Gasteiger partial charge in [0.15, 0.2) is 5.78 Å². The van der Waals surface area contributed by atoms with Crippen molar-refractivity contribution >= 4 is 11.7 Å². The van der Waals surface area contributed by atoms with Gasteiger partial charge in [0, 0.05) is 31.7 Å². The molecule has 5 heteroatoms. The van der Waals surface area contributed by atoms with Gasteiger partial charge < -0.3 is 9.64 Å². The van der Waals surface area contributed by atoms with Gasteiger partial charge in [0.2, 0.25) is 5.91 Å². The van der Waals surface area contributed by atoms with E-state index in [-0.39, 0.29) is 11.7 Å². The Labute approximate surface area is 173 Å². The second kappa shape index (κ2) is 10.2. The summed E-state index contributed by atoms with van der Waals surface area (Å²) in [6, 6.07) is 17.4. The molecule has 0 radical (unpaired) electrons. The Morgan fingerprint density at radius 3 is 2.21 bits per heavy atom. The highest BCUT2D eigenvalue weighted by molar-refractivity contribution is 5.97. The minimum Gasteiger partial charge on any atom is -0.493 e. The Balaban J connectivity index is 1.39. The number of carbonyl (C=O) groups excluding carboxylic acids is 2. The molecule has 0 spiro atoms. The van der Waals surface area contributed by atoms with Crippen LogP contribution >= 0.6 is 0 Å². The Morgan fingerprint density at radius 2 is 1.59 bits per heavy atom. The second-order valence-electron chi connectivity index (χ2n) is 7.77. The fourth-order valence-corrected chi connectivity index (χ4v) is 3.43. The molecule has 3 rings (SSSR count). The summed E-state index contributed by atoms with van der Waals surface area (Å²) in [5, 5.41) is 0. The van der Waals surface area contributed by atoms with E-state index in [4.69, 9.17) is 4.74 Å². The molecule has 0 N–H and O–H groups in total. The van der Waals surface area contributed by atoms with Crippen LogP contribution in [0.5, 0.6) is 5.75 Å². The molecular weight excluding hydrogens is 364 g/mol. The molecule has 1 saturated heterocycles. The molecule has 0 aromatic heterocycles. The van der Waals surface area contributed by atoms with E-state index >= 15 is 0 Å². The van der Waals surface area contributed by atoms with Gasteiger partial charge in [-0.25, -0.2) is 0 Å². The normalized spacial score (nSPS) is 14.8. The summed E-state index contributed by atoms with van der Waals surface area (Å²) in [4.78, 5) is 28.9. The number of hydrogen-bond donors (Lipinski definition) is 0. The third kappa shape index (κ3) is 6.16. The highest BCUT2D eigenvalue weighted by Gasteiger charge is 2.22. The van der Waals surface area contributed by atoms with Crippen LogP contribution in [0.25, 0.3) is 0 Å². The quantitative estimate of drug-likeness (QED) is 0.642. The maximum atomic E-state index is 12.5. The summed E-state index contributed by atoms with van der Waals surface area (Å²) < 4.78 is 5.61. The highest BCUT2D eigenvalue weighted by atomic mass is 16.5. The van der Waals surface area contributed by atoms with E-state index in [0.29, 0.717) is 38.6 Å². The van der Waals surface area contributed by atoms with Crippen LogP contribution in [0.15, 0.2) is 54.6 Å². The smallest absolute Gasteiger partial charge is 0.226 e. The van der Waals surface area contributed by atoms with Gasteiger partial charge in [-0.3, -0.25) is 14.5 Å². The second-order valence-corrected chi connectivity index (χ2v) is 7.77. The lowest BCUT2D eigenvalue weighted by Gasteiger charge is -2.34. The molecule has 1 fully saturated rings. The molecule has 0 unspecified atom stereocenters. The van der Waals surface area contributed by atoms with E-state index in [1.165, 1.54) is 5.56 Å². The first-order chi connectivity index (χ1) is 14.0. The molecule has 1 amide bonds. The van der Waals surface area contributed by atoms with Crippen LogP contribution in [0.4, 0.5) is 0 Å². The average Bonchev–Trinajstić information content (AvgIpc) is 2.75. The highest BCUT2D eigenvalue weighted by Crippen LogP contribution is 2.15. The Bertz CT molecular complexity index is 795. The zero-order valence-electron chi connectivity index (χ0n) is 17.3. The first kappa shape index (κ1) is 21.1. The molecular formula is C24H30N2O3. The van der Waals surface area contributed by atoms with Gasteiger partial charge in [-0.2, -0.15) is 0 Å². The summed E-state index contributed by atoms with van der Waals surface area (Å²) in [6.07, 6.45) is 0.371. The maximum absolute atomic E-state index is 12.5. The van der Waals surface area contributed by atoms with Gasteiger partial charge in [-0.15, -0.1) is 0 Å². The first-order valence-electron chi connectivity index (χ1n) is 10.3. The summed E-state index contributed by atoms with van der Waals surface area (Å²) in [6.45, 7) is 7.83. The number of rotatable bonds is 8. The standard InChI is InChI=1S/C24H30N2O3/c1-19(2)20-8-10-21(11-9-20)23(27)18-25-13-15-26(16-14-25)24(28)12-17-29-22-6-4-3-5-7-22/h3-11,19H,12-18H2,1-2H3. The molecule has 1 aliphatic heterocycles. The third-order valence-electron chi connectivity index (χ3n) is 5.32. The van der Waals surface area contributed by atoms with E-state index in [1.807, 2.05) is 59.5 Å². The number of piperazine rings is 1. The van der Waals surface area contributed by atoms with Gasteiger partial charge >= 0.3 is 0 Å². The topological polar surface area (TPSA) is 49.9 Å². The van der Waals surface area contributed by atoms with E-state index in [0.717, 1.165) is 24.4 Å². The lowest BCUT2D eigenvalue weighted by Crippen LogP contribution is -2.50. The van der Waals surface area contributed by atoms with Gasteiger partial charge in [-0.05, 0) is 23.6 Å². The number of amides is 1. The van der Waals surface area contributed by atoms with E-state index < -0.39 is 0 Å².